The van der Waals surface area contributed by atoms with Crippen molar-refractivity contribution in [1.82, 2.24) is 9.97 Å². The highest BCUT2D eigenvalue weighted by Crippen LogP contribution is 2.36. The normalized spacial score (nSPS) is 10.7. The van der Waals surface area contributed by atoms with Crippen molar-refractivity contribution in [3.8, 4) is 0 Å². The van der Waals surface area contributed by atoms with E-state index in [4.69, 9.17) is 16.3 Å². The van der Waals surface area contributed by atoms with Gasteiger partial charge in [0.05, 0.1) is 12.5 Å². The zero-order valence-electron chi connectivity index (χ0n) is 11.9. The van der Waals surface area contributed by atoms with Crippen LogP contribution >= 0.6 is 22.9 Å². The monoisotopic (exact) mass is 333 g/mol. The molecule has 3 aromatic rings. The number of halogens is 1. The van der Waals surface area contributed by atoms with Crippen LogP contribution in [0.2, 0.25) is 5.28 Å². The third-order valence-corrected chi connectivity index (χ3v) is 4.50. The summed E-state index contributed by atoms with van der Waals surface area (Å²) in [6, 6.07) is 9.61. The Morgan fingerprint density at radius 3 is 2.68 bits per heavy atom. The van der Waals surface area contributed by atoms with Gasteiger partial charge in [0.1, 0.15) is 15.5 Å². The molecule has 1 aromatic carbocycles. The molecule has 0 amide bonds. The zero-order chi connectivity index (χ0) is 15.7. The number of nitrogens with one attached hydrogen (secondary N) is 1. The summed E-state index contributed by atoms with van der Waals surface area (Å²) in [7, 11) is 1.36. The molecule has 7 heteroatoms. The van der Waals surface area contributed by atoms with Crippen molar-refractivity contribution in [1.29, 1.82) is 0 Å². The average molecular weight is 334 g/mol. The van der Waals surface area contributed by atoms with Gasteiger partial charge in [-0.2, -0.15) is 4.98 Å². The van der Waals surface area contributed by atoms with Crippen molar-refractivity contribution >= 4 is 50.6 Å². The van der Waals surface area contributed by atoms with Gasteiger partial charge in [-0.15, -0.1) is 11.3 Å². The number of aromatic nitrogens is 2. The van der Waals surface area contributed by atoms with Gasteiger partial charge in [-0.05, 0) is 36.2 Å². The van der Waals surface area contributed by atoms with Crippen LogP contribution in [0.25, 0.3) is 10.2 Å². The van der Waals surface area contributed by atoms with E-state index in [1.165, 1.54) is 18.4 Å². The molecule has 0 aliphatic rings. The molecule has 0 aliphatic carbocycles. The molecule has 0 aliphatic heterocycles. The third-order valence-electron chi connectivity index (χ3n) is 3.17. The van der Waals surface area contributed by atoms with Crippen LogP contribution in [0.1, 0.15) is 15.2 Å². The lowest BCUT2D eigenvalue weighted by Gasteiger charge is -2.07. The fraction of sp³-hybridized carbons (Fsp3) is 0.133. The lowest BCUT2D eigenvalue weighted by molar-refractivity contribution is 0.0605. The van der Waals surface area contributed by atoms with Gasteiger partial charge in [0.2, 0.25) is 5.28 Å². The van der Waals surface area contributed by atoms with E-state index in [9.17, 15) is 4.79 Å². The Hall–Kier alpha value is -2.18. The number of aryl methyl sites for hydroxylation is 1. The van der Waals surface area contributed by atoms with Crippen LogP contribution in [-0.2, 0) is 4.74 Å². The molecule has 1 N–H and O–H groups in total. The van der Waals surface area contributed by atoms with E-state index < -0.39 is 0 Å². The van der Waals surface area contributed by atoms with E-state index in [1.54, 1.807) is 0 Å². The van der Waals surface area contributed by atoms with Gasteiger partial charge in [0, 0.05) is 5.69 Å². The van der Waals surface area contributed by atoms with Crippen molar-refractivity contribution in [2.45, 2.75) is 6.92 Å². The van der Waals surface area contributed by atoms with Crippen LogP contribution in [-0.4, -0.2) is 23.0 Å². The first-order valence-electron chi connectivity index (χ1n) is 6.47. The molecule has 0 saturated carbocycles. The number of methoxy groups -OCH3 is 1. The highest BCUT2D eigenvalue weighted by Gasteiger charge is 2.20. The number of hydrogen-bond acceptors (Lipinski definition) is 6. The second-order valence-electron chi connectivity index (χ2n) is 4.56. The lowest BCUT2D eigenvalue weighted by atomic mass is 10.2. The van der Waals surface area contributed by atoms with Crippen molar-refractivity contribution in [2.24, 2.45) is 0 Å². The molecule has 112 valence electrons. The van der Waals surface area contributed by atoms with E-state index in [0.29, 0.717) is 15.5 Å². The summed E-state index contributed by atoms with van der Waals surface area (Å²) in [5.41, 5.74) is 1.66. The molecule has 2 heterocycles. The van der Waals surface area contributed by atoms with Crippen LogP contribution in [0.15, 0.2) is 30.3 Å². The summed E-state index contributed by atoms with van der Waals surface area (Å²) in [4.78, 5) is 21.5. The number of hydrogen-bond donors (Lipinski definition) is 1. The predicted molar refractivity (Wildman–Crippen MR) is 88.2 cm³/mol. The van der Waals surface area contributed by atoms with Crippen LogP contribution in [0.4, 0.5) is 11.5 Å². The van der Waals surface area contributed by atoms with Crippen molar-refractivity contribution < 1.29 is 9.53 Å². The highest BCUT2D eigenvalue weighted by atomic mass is 35.5. The Balaban J connectivity index is 2.17. The maximum atomic E-state index is 11.8. The Bertz CT molecular complexity index is 849. The van der Waals surface area contributed by atoms with Crippen molar-refractivity contribution in [3.63, 3.8) is 0 Å². The van der Waals surface area contributed by atoms with Gasteiger partial charge in [0.15, 0.2) is 0 Å². The average Bonchev–Trinajstić information content (AvgIpc) is 2.84. The molecular weight excluding hydrogens is 322 g/mol. The van der Waals surface area contributed by atoms with Crippen LogP contribution in [0.3, 0.4) is 0 Å². The maximum absolute atomic E-state index is 11.8. The number of thiophene rings is 1. The minimum absolute atomic E-state index is 0.128. The number of benzene rings is 1. The van der Waals surface area contributed by atoms with Crippen molar-refractivity contribution in [3.05, 3.63) is 46.1 Å². The summed E-state index contributed by atoms with van der Waals surface area (Å²) >= 11 is 7.24. The minimum atomic E-state index is -0.387. The van der Waals surface area contributed by atoms with E-state index in [0.717, 1.165) is 16.6 Å². The molecule has 0 bridgehead atoms. The second kappa shape index (κ2) is 5.90. The first-order chi connectivity index (χ1) is 10.6. The highest BCUT2D eigenvalue weighted by molar-refractivity contribution is 7.20. The fourth-order valence-corrected chi connectivity index (χ4v) is 3.47. The number of fused-ring (bicyclic) bond motifs is 1. The first kappa shape index (κ1) is 14.7. The van der Waals surface area contributed by atoms with E-state index in [-0.39, 0.29) is 11.3 Å². The van der Waals surface area contributed by atoms with Crippen LogP contribution in [0.5, 0.6) is 0 Å². The molecule has 0 fully saturated rings. The summed E-state index contributed by atoms with van der Waals surface area (Å²) in [5.74, 6) is 0.187. The standard InChI is InChI=1S/C15H12ClN3O2S/c1-8-10-12(17-9-6-4-3-5-7-9)18-15(16)19-13(10)22-11(8)14(20)21-2/h3-7H,1-2H3,(H,17,18,19). The molecular formula is C15H12ClN3O2S. The smallest absolute Gasteiger partial charge is 0.348 e. The summed E-state index contributed by atoms with van der Waals surface area (Å²) < 4.78 is 4.80. The second-order valence-corrected chi connectivity index (χ2v) is 5.90. The minimum Gasteiger partial charge on any atom is -0.465 e. The first-order valence-corrected chi connectivity index (χ1v) is 7.66. The molecule has 0 atom stereocenters. The van der Waals surface area contributed by atoms with Crippen molar-refractivity contribution in [2.75, 3.05) is 12.4 Å². The summed E-state index contributed by atoms with van der Waals surface area (Å²) in [5, 5.41) is 4.12. The molecule has 22 heavy (non-hydrogen) atoms. The zero-order valence-corrected chi connectivity index (χ0v) is 13.5. The molecule has 5 nitrogen and oxygen atoms in total. The van der Waals surface area contributed by atoms with E-state index >= 15 is 0 Å². The number of ether oxygens (including phenoxy) is 1. The molecule has 0 spiro atoms. The Labute approximate surface area is 135 Å². The Morgan fingerprint density at radius 1 is 1.27 bits per heavy atom. The number of carbonyl (C=O) groups excluding carboxylic acids is 1. The van der Waals surface area contributed by atoms with Gasteiger partial charge >= 0.3 is 5.97 Å². The van der Waals surface area contributed by atoms with E-state index in [2.05, 4.69) is 15.3 Å². The van der Waals surface area contributed by atoms with Crippen LogP contribution in [0, 0.1) is 6.92 Å². The Morgan fingerprint density at radius 2 is 2.00 bits per heavy atom. The number of nitrogens with zero attached hydrogens (tertiary/aromatic N) is 2. The molecule has 3 rings (SSSR count). The molecule has 0 unspecified atom stereocenters. The number of rotatable bonds is 3. The van der Waals surface area contributed by atoms with Gasteiger partial charge in [-0.25, -0.2) is 9.78 Å². The Kier molecular flexibility index (Phi) is 3.96. The summed E-state index contributed by atoms with van der Waals surface area (Å²) in [6.45, 7) is 1.85. The number of para-hydroxylation sites is 1. The quantitative estimate of drug-likeness (QED) is 0.575. The van der Waals surface area contributed by atoms with Gasteiger partial charge in [-0.3, -0.25) is 0 Å². The fourth-order valence-electron chi connectivity index (χ4n) is 2.15. The molecule has 2 aromatic heterocycles. The van der Waals surface area contributed by atoms with Gasteiger partial charge in [-0.1, -0.05) is 18.2 Å². The topological polar surface area (TPSA) is 64.1 Å². The molecule has 0 radical (unpaired) electrons. The number of esters is 1. The van der Waals surface area contributed by atoms with Gasteiger partial charge in [0.25, 0.3) is 0 Å². The van der Waals surface area contributed by atoms with Gasteiger partial charge < -0.3 is 10.1 Å². The predicted octanol–water partition coefficient (Wildman–Crippen LogP) is 4.18. The van der Waals surface area contributed by atoms with Crippen LogP contribution < -0.4 is 5.32 Å². The SMILES string of the molecule is COC(=O)c1sc2nc(Cl)nc(Nc3ccccc3)c2c1C. The third kappa shape index (κ3) is 2.63. The number of anilines is 2. The lowest BCUT2D eigenvalue weighted by Crippen LogP contribution is -2.00. The summed E-state index contributed by atoms with van der Waals surface area (Å²) in [6.07, 6.45) is 0. The number of carbonyl (C=O) groups is 1. The molecule has 0 saturated heterocycles. The largest absolute Gasteiger partial charge is 0.465 e. The van der Waals surface area contributed by atoms with E-state index in [1.807, 2.05) is 37.3 Å². The maximum Gasteiger partial charge on any atom is 0.348 e.